The largest absolute Gasteiger partial charge is 0.496 e. The van der Waals surface area contributed by atoms with Gasteiger partial charge in [0.2, 0.25) is 11.6 Å². The van der Waals surface area contributed by atoms with Gasteiger partial charge in [-0.3, -0.25) is 14.4 Å². The molecule has 0 fully saturated rings. The van der Waals surface area contributed by atoms with Gasteiger partial charge in [0.25, 0.3) is 0 Å². The molecule has 0 radical (unpaired) electrons. The van der Waals surface area contributed by atoms with E-state index < -0.39 is 5.78 Å². The van der Waals surface area contributed by atoms with E-state index in [9.17, 15) is 14.4 Å². The Labute approximate surface area is 114 Å². The van der Waals surface area contributed by atoms with Crippen LogP contribution in [0.25, 0.3) is 0 Å². The Bertz CT molecular complexity index is 767. The maximum absolute atomic E-state index is 12.5. The Hall–Kier alpha value is -2.69. The van der Waals surface area contributed by atoms with Crippen molar-refractivity contribution in [3.8, 4) is 5.75 Å². The van der Waals surface area contributed by atoms with Gasteiger partial charge >= 0.3 is 0 Å². The van der Waals surface area contributed by atoms with Crippen LogP contribution in [-0.2, 0) is 0 Å². The third-order valence-electron chi connectivity index (χ3n) is 3.25. The van der Waals surface area contributed by atoms with Crippen LogP contribution in [-0.4, -0.2) is 24.5 Å². The van der Waals surface area contributed by atoms with E-state index in [4.69, 9.17) is 9.15 Å². The van der Waals surface area contributed by atoms with Gasteiger partial charge in [-0.1, -0.05) is 6.07 Å². The monoisotopic (exact) mass is 270 g/mol. The number of hydrogen-bond donors (Lipinski definition) is 0. The van der Waals surface area contributed by atoms with Gasteiger partial charge in [-0.25, -0.2) is 0 Å². The summed E-state index contributed by atoms with van der Waals surface area (Å²) in [5.74, 6) is -0.873. The minimum absolute atomic E-state index is 0.00322. The summed E-state index contributed by atoms with van der Waals surface area (Å²) in [6.07, 6.45) is 0. The summed E-state index contributed by atoms with van der Waals surface area (Å²) < 4.78 is 10.3. The van der Waals surface area contributed by atoms with Crippen molar-refractivity contribution in [2.75, 3.05) is 7.11 Å². The van der Waals surface area contributed by atoms with E-state index in [0.29, 0.717) is 5.75 Å². The molecule has 0 bridgehead atoms. The van der Waals surface area contributed by atoms with Crippen LogP contribution in [0.5, 0.6) is 5.75 Å². The Morgan fingerprint density at radius 2 is 1.90 bits per heavy atom. The number of fused-ring (bicyclic) bond motifs is 2. The van der Waals surface area contributed by atoms with E-state index in [1.807, 2.05) is 0 Å². The van der Waals surface area contributed by atoms with Crippen molar-refractivity contribution in [3.63, 3.8) is 0 Å². The molecule has 0 aliphatic heterocycles. The molecular formula is C15H10O5. The predicted octanol–water partition coefficient (Wildman–Crippen LogP) is 2.27. The van der Waals surface area contributed by atoms with Crippen molar-refractivity contribution < 1.29 is 23.5 Å². The first-order chi connectivity index (χ1) is 9.54. The van der Waals surface area contributed by atoms with Crippen LogP contribution >= 0.6 is 0 Å². The molecule has 1 aliphatic rings. The van der Waals surface area contributed by atoms with Crippen molar-refractivity contribution in [2.24, 2.45) is 0 Å². The van der Waals surface area contributed by atoms with Gasteiger partial charge in [0, 0.05) is 12.5 Å². The van der Waals surface area contributed by atoms with E-state index in [0.717, 1.165) is 0 Å². The molecule has 5 heteroatoms. The second-order valence-corrected chi connectivity index (χ2v) is 4.45. The van der Waals surface area contributed by atoms with Crippen molar-refractivity contribution in [1.82, 2.24) is 0 Å². The van der Waals surface area contributed by atoms with Gasteiger partial charge in [-0.2, -0.15) is 0 Å². The summed E-state index contributed by atoms with van der Waals surface area (Å²) in [6, 6.07) is 6.09. The van der Waals surface area contributed by atoms with E-state index in [1.165, 1.54) is 26.2 Å². The molecule has 0 amide bonds. The molecule has 0 atom stereocenters. The number of hydrogen-bond acceptors (Lipinski definition) is 5. The smallest absolute Gasteiger partial charge is 0.229 e. The van der Waals surface area contributed by atoms with Crippen LogP contribution in [0.2, 0.25) is 0 Å². The summed E-state index contributed by atoms with van der Waals surface area (Å²) in [5.41, 5.74) is 0.548. The van der Waals surface area contributed by atoms with Gasteiger partial charge in [-0.15, -0.1) is 0 Å². The highest BCUT2D eigenvalue weighted by atomic mass is 16.5. The van der Waals surface area contributed by atoms with Crippen molar-refractivity contribution in [3.05, 3.63) is 52.5 Å². The molecule has 0 saturated carbocycles. The molecule has 0 N–H and O–H groups in total. The van der Waals surface area contributed by atoms with Crippen molar-refractivity contribution >= 4 is 17.3 Å². The lowest BCUT2D eigenvalue weighted by Gasteiger charge is -2.15. The molecule has 1 aromatic heterocycles. The molecule has 1 aromatic carbocycles. The summed E-state index contributed by atoms with van der Waals surface area (Å²) in [5, 5.41) is 0. The lowest BCUT2D eigenvalue weighted by atomic mass is 9.88. The topological polar surface area (TPSA) is 73.6 Å². The van der Waals surface area contributed by atoms with Gasteiger partial charge in [0.15, 0.2) is 17.3 Å². The number of ketones is 3. The van der Waals surface area contributed by atoms with Crippen LogP contribution in [0, 0.1) is 0 Å². The zero-order valence-corrected chi connectivity index (χ0v) is 10.9. The van der Waals surface area contributed by atoms with Crippen LogP contribution in [0.3, 0.4) is 0 Å². The molecule has 1 heterocycles. The Balaban J connectivity index is 2.28. The second-order valence-electron chi connectivity index (χ2n) is 4.45. The minimum atomic E-state index is -0.416. The molecule has 2 aromatic rings. The average molecular weight is 270 g/mol. The van der Waals surface area contributed by atoms with Gasteiger partial charge in [0.05, 0.1) is 18.2 Å². The van der Waals surface area contributed by atoms with Crippen LogP contribution in [0.4, 0.5) is 0 Å². The van der Waals surface area contributed by atoms with Gasteiger partial charge < -0.3 is 9.15 Å². The Morgan fingerprint density at radius 1 is 1.15 bits per heavy atom. The van der Waals surface area contributed by atoms with E-state index in [-0.39, 0.29) is 39.8 Å². The van der Waals surface area contributed by atoms with Crippen LogP contribution in [0.1, 0.15) is 49.5 Å². The van der Waals surface area contributed by atoms with Crippen molar-refractivity contribution in [2.45, 2.75) is 6.92 Å². The Morgan fingerprint density at radius 3 is 2.55 bits per heavy atom. The molecule has 0 saturated heterocycles. The minimum Gasteiger partial charge on any atom is -0.496 e. The molecule has 0 unspecified atom stereocenters. The number of carbonyl (C=O) groups is 3. The normalized spacial score (nSPS) is 12.9. The molecule has 100 valence electrons. The summed E-state index contributed by atoms with van der Waals surface area (Å²) >= 11 is 0. The molecular weight excluding hydrogens is 260 g/mol. The van der Waals surface area contributed by atoms with Gasteiger partial charge in [-0.05, 0) is 18.2 Å². The first kappa shape index (κ1) is 12.3. The fraction of sp³-hybridized carbons (Fsp3) is 0.133. The third-order valence-corrected chi connectivity index (χ3v) is 3.25. The first-order valence-electron chi connectivity index (χ1n) is 5.95. The van der Waals surface area contributed by atoms with Crippen LogP contribution < -0.4 is 4.74 Å². The third kappa shape index (κ3) is 1.53. The fourth-order valence-electron chi connectivity index (χ4n) is 2.28. The highest BCUT2D eigenvalue weighted by molar-refractivity contribution is 6.28. The maximum Gasteiger partial charge on any atom is 0.229 e. The first-order valence-corrected chi connectivity index (χ1v) is 5.95. The second kappa shape index (κ2) is 4.16. The van der Waals surface area contributed by atoms with E-state index >= 15 is 0 Å². The van der Waals surface area contributed by atoms with Gasteiger partial charge in [0.1, 0.15) is 5.75 Å². The fourth-order valence-corrected chi connectivity index (χ4v) is 2.28. The molecule has 0 spiro atoms. The zero-order valence-electron chi connectivity index (χ0n) is 10.9. The summed E-state index contributed by atoms with van der Waals surface area (Å²) in [4.78, 5) is 36.1. The Kier molecular flexibility index (Phi) is 2.57. The highest BCUT2D eigenvalue weighted by Gasteiger charge is 2.36. The quantitative estimate of drug-likeness (QED) is 0.668. The molecule has 1 aliphatic carbocycles. The molecule has 5 nitrogen and oxygen atoms in total. The van der Waals surface area contributed by atoms with E-state index in [2.05, 4.69) is 0 Å². The number of benzene rings is 1. The highest BCUT2D eigenvalue weighted by Crippen LogP contribution is 2.34. The maximum atomic E-state index is 12.5. The summed E-state index contributed by atoms with van der Waals surface area (Å²) in [7, 11) is 1.43. The number of ether oxygens (including phenoxy) is 1. The van der Waals surface area contributed by atoms with Crippen molar-refractivity contribution in [1.29, 1.82) is 0 Å². The zero-order chi connectivity index (χ0) is 14.4. The lowest BCUT2D eigenvalue weighted by molar-refractivity contribution is 0.0945. The number of rotatable bonds is 2. The van der Waals surface area contributed by atoms with Crippen LogP contribution in [0.15, 0.2) is 28.7 Å². The summed E-state index contributed by atoms with van der Waals surface area (Å²) in [6.45, 7) is 1.31. The number of Topliss-reactive ketones (excluding diaryl/α,β-unsaturated/α-hetero) is 1. The number of carbonyl (C=O) groups excluding carboxylic acids is 3. The average Bonchev–Trinajstić information content (AvgIpc) is 2.89. The number of methoxy groups -OCH3 is 1. The standard InChI is InChI=1S/C15H10O5/c1-7(16)11-6-9-13(17)12-8(14(18)15(9)20-11)4-3-5-10(12)19-2/h3-6H,1-2H3. The number of furan rings is 1. The lowest BCUT2D eigenvalue weighted by Crippen LogP contribution is -2.19. The predicted molar refractivity (Wildman–Crippen MR) is 68.6 cm³/mol. The SMILES string of the molecule is COc1cccc2c1C(=O)c1cc(C(C)=O)oc1C2=O. The van der Waals surface area contributed by atoms with E-state index in [1.54, 1.807) is 12.1 Å². The molecule has 3 rings (SSSR count). The molecule has 20 heavy (non-hydrogen) atoms.